The van der Waals surface area contributed by atoms with Gasteiger partial charge in [0.25, 0.3) is 0 Å². The minimum atomic E-state index is -0.447. The van der Waals surface area contributed by atoms with E-state index in [0.717, 1.165) is 32.2 Å². The van der Waals surface area contributed by atoms with Gasteiger partial charge in [-0.25, -0.2) is 4.79 Å². The van der Waals surface area contributed by atoms with Crippen LogP contribution in [0.4, 0.5) is 4.79 Å². The molecule has 2 atom stereocenters. The van der Waals surface area contributed by atoms with Crippen molar-refractivity contribution in [1.82, 2.24) is 15.5 Å². The molecule has 0 aromatic heterocycles. The van der Waals surface area contributed by atoms with E-state index in [1.54, 1.807) is 6.92 Å². The van der Waals surface area contributed by atoms with E-state index in [1.165, 1.54) is 19.3 Å². The van der Waals surface area contributed by atoms with E-state index in [9.17, 15) is 9.59 Å². The van der Waals surface area contributed by atoms with E-state index in [2.05, 4.69) is 17.6 Å². The quantitative estimate of drug-likeness (QED) is 0.831. The summed E-state index contributed by atoms with van der Waals surface area (Å²) < 4.78 is 0. The number of urea groups is 1. The van der Waals surface area contributed by atoms with Crippen LogP contribution in [0, 0.1) is 0 Å². The molecule has 2 rings (SSSR count). The third-order valence-electron chi connectivity index (χ3n) is 4.49. The Morgan fingerprint density at radius 3 is 2.40 bits per heavy atom. The van der Waals surface area contributed by atoms with Gasteiger partial charge in [0.05, 0.1) is 0 Å². The standard InChI is InChI=1S/C15H27N3O2/c1-11-7-5-6-10-18(11)14(19)12(2)16-15(20)17-13-8-3-4-9-13/h11-13H,3-10H2,1-2H3,(H2,16,17,20)/t11-,12+/m0/s1. The minimum absolute atomic E-state index is 0.0405. The van der Waals surface area contributed by atoms with Crippen LogP contribution in [0.1, 0.15) is 58.8 Å². The van der Waals surface area contributed by atoms with Gasteiger partial charge < -0.3 is 15.5 Å². The fourth-order valence-electron chi connectivity index (χ4n) is 3.23. The molecule has 1 saturated carbocycles. The van der Waals surface area contributed by atoms with Crippen molar-refractivity contribution < 1.29 is 9.59 Å². The number of rotatable bonds is 3. The molecule has 2 aliphatic rings. The maximum atomic E-state index is 12.4. The highest BCUT2D eigenvalue weighted by atomic mass is 16.2. The maximum Gasteiger partial charge on any atom is 0.315 e. The van der Waals surface area contributed by atoms with Gasteiger partial charge in [-0.2, -0.15) is 0 Å². The molecule has 0 spiro atoms. The van der Waals surface area contributed by atoms with E-state index in [1.807, 2.05) is 4.90 Å². The van der Waals surface area contributed by atoms with Crippen LogP contribution in [0.15, 0.2) is 0 Å². The number of amides is 3. The second-order valence-electron chi connectivity index (χ2n) is 6.20. The van der Waals surface area contributed by atoms with Crippen molar-refractivity contribution in [2.75, 3.05) is 6.54 Å². The van der Waals surface area contributed by atoms with Crippen molar-refractivity contribution in [2.24, 2.45) is 0 Å². The van der Waals surface area contributed by atoms with E-state index in [0.29, 0.717) is 6.04 Å². The summed E-state index contributed by atoms with van der Waals surface area (Å²) in [5.74, 6) is 0.0405. The first kappa shape index (κ1) is 15.1. The summed E-state index contributed by atoms with van der Waals surface area (Å²) in [6.45, 7) is 4.68. The number of piperidine rings is 1. The highest BCUT2D eigenvalue weighted by molar-refractivity contribution is 5.87. The van der Waals surface area contributed by atoms with Crippen LogP contribution >= 0.6 is 0 Å². The number of carbonyl (C=O) groups is 2. The van der Waals surface area contributed by atoms with Crippen molar-refractivity contribution in [3.8, 4) is 0 Å². The van der Waals surface area contributed by atoms with Gasteiger partial charge in [0.1, 0.15) is 6.04 Å². The lowest BCUT2D eigenvalue weighted by Gasteiger charge is -2.35. The number of likely N-dealkylation sites (tertiary alicyclic amines) is 1. The molecule has 5 nitrogen and oxygen atoms in total. The lowest BCUT2D eigenvalue weighted by atomic mass is 10.0. The molecule has 0 bridgehead atoms. The zero-order valence-electron chi connectivity index (χ0n) is 12.7. The number of nitrogens with one attached hydrogen (secondary N) is 2. The normalized spacial score (nSPS) is 25.3. The van der Waals surface area contributed by atoms with Gasteiger partial charge in [0.15, 0.2) is 0 Å². The summed E-state index contributed by atoms with van der Waals surface area (Å²) in [6.07, 6.45) is 7.80. The summed E-state index contributed by atoms with van der Waals surface area (Å²) in [6, 6.07) is -0.0797. The Bertz CT molecular complexity index is 353. The van der Waals surface area contributed by atoms with Crippen LogP contribution in [0.25, 0.3) is 0 Å². The molecular formula is C15H27N3O2. The largest absolute Gasteiger partial charge is 0.338 e. The van der Waals surface area contributed by atoms with Gasteiger partial charge in [0, 0.05) is 18.6 Å². The maximum absolute atomic E-state index is 12.4. The van der Waals surface area contributed by atoms with Crippen LogP contribution in [-0.2, 0) is 4.79 Å². The summed E-state index contributed by atoms with van der Waals surface area (Å²) in [5.41, 5.74) is 0. The van der Waals surface area contributed by atoms with Crippen molar-refractivity contribution in [3.05, 3.63) is 0 Å². The Labute approximate surface area is 121 Å². The molecule has 3 amide bonds. The van der Waals surface area contributed by atoms with Crippen molar-refractivity contribution >= 4 is 11.9 Å². The molecule has 20 heavy (non-hydrogen) atoms. The first-order valence-electron chi connectivity index (χ1n) is 7.95. The Hall–Kier alpha value is -1.26. The van der Waals surface area contributed by atoms with Gasteiger partial charge in [-0.15, -0.1) is 0 Å². The molecule has 1 heterocycles. The van der Waals surface area contributed by atoms with Crippen LogP contribution in [0.2, 0.25) is 0 Å². The van der Waals surface area contributed by atoms with Crippen molar-refractivity contribution in [1.29, 1.82) is 0 Å². The molecule has 0 radical (unpaired) electrons. The van der Waals surface area contributed by atoms with Gasteiger partial charge in [-0.3, -0.25) is 4.79 Å². The molecule has 1 aliphatic heterocycles. The second kappa shape index (κ2) is 6.95. The molecule has 1 aliphatic carbocycles. The Kier molecular flexibility index (Phi) is 5.26. The van der Waals surface area contributed by atoms with Crippen LogP contribution in [0.5, 0.6) is 0 Å². The third-order valence-corrected chi connectivity index (χ3v) is 4.49. The molecule has 2 N–H and O–H groups in total. The van der Waals surface area contributed by atoms with Crippen LogP contribution in [0.3, 0.4) is 0 Å². The summed E-state index contributed by atoms with van der Waals surface area (Å²) >= 11 is 0. The SMILES string of the molecule is C[C@@H](NC(=O)NC1CCCC1)C(=O)N1CCCC[C@@H]1C. The summed E-state index contributed by atoms with van der Waals surface area (Å²) in [7, 11) is 0. The van der Waals surface area contributed by atoms with Gasteiger partial charge in [-0.1, -0.05) is 12.8 Å². The predicted octanol–water partition coefficient (Wildman–Crippen LogP) is 2.02. The molecule has 2 fully saturated rings. The Morgan fingerprint density at radius 2 is 1.75 bits per heavy atom. The summed E-state index contributed by atoms with van der Waals surface area (Å²) in [4.78, 5) is 26.2. The van der Waals surface area contributed by atoms with Gasteiger partial charge in [-0.05, 0) is 46.0 Å². The molecule has 0 unspecified atom stereocenters. The van der Waals surface area contributed by atoms with Gasteiger partial charge >= 0.3 is 6.03 Å². The molecule has 114 valence electrons. The zero-order chi connectivity index (χ0) is 14.5. The van der Waals surface area contributed by atoms with Crippen LogP contribution < -0.4 is 10.6 Å². The topological polar surface area (TPSA) is 61.4 Å². The minimum Gasteiger partial charge on any atom is -0.338 e. The lowest BCUT2D eigenvalue weighted by molar-refractivity contribution is -0.136. The third kappa shape index (κ3) is 3.87. The first-order valence-corrected chi connectivity index (χ1v) is 7.95. The van der Waals surface area contributed by atoms with E-state index < -0.39 is 6.04 Å². The smallest absolute Gasteiger partial charge is 0.315 e. The second-order valence-corrected chi connectivity index (χ2v) is 6.20. The van der Waals surface area contributed by atoms with Crippen molar-refractivity contribution in [2.45, 2.75) is 76.9 Å². The average molecular weight is 281 g/mol. The molecule has 0 aromatic carbocycles. The fraction of sp³-hybridized carbons (Fsp3) is 0.867. The molecular weight excluding hydrogens is 254 g/mol. The number of hydrogen-bond donors (Lipinski definition) is 2. The number of carbonyl (C=O) groups excluding carboxylic acids is 2. The predicted molar refractivity (Wildman–Crippen MR) is 78.4 cm³/mol. The highest BCUT2D eigenvalue weighted by Gasteiger charge is 2.28. The lowest BCUT2D eigenvalue weighted by Crippen LogP contribution is -2.54. The van der Waals surface area contributed by atoms with E-state index in [4.69, 9.17) is 0 Å². The monoisotopic (exact) mass is 281 g/mol. The van der Waals surface area contributed by atoms with Crippen LogP contribution in [-0.4, -0.2) is 41.5 Å². The Balaban J connectivity index is 1.79. The molecule has 0 aromatic rings. The van der Waals surface area contributed by atoms with Gasteiger partial charge in [0.2, 0.25) is 5.91 Å². The average Bonchev–Trinajstić information content (AvgIpc) is 2.91. The highest BCUT2D eigenvalue weighted by Crippen LogP contribution is 2.18. The first-order chi connectivity index (χ1) is 9.58. The Morgan fingerprint density at radius 1 is 1.10 bits per heavy atom. The van der Waals surface area contributed by atoms with E-state index in [-0.39, 0.29) is 18.0 Å². The fourth-order valence-corrected chi connectivity index (χ4v) is 3.23. The van der Waals surface area contributed by atoms with Crippen molar-refractivity contribution in [3.63, 3.8) is 0 Å². The number of hydrogen-bond acceptors (Lipinski definition) is 2. The summed E-state index contributed by atoms with van der Waals surface area (Å²) in [5, 5.41) is 5.74. The number of nitrogens with zero attached hydrogens (tertiary/aromatic N) is 1. The molecule has 1 saturated heterocycles. The zero-order valence-corrected chi connectivity index (χ0v) is 12.7. The van der Waals surface area contributed by atoms with E-state index >= 15 is 0 Å². The molecule has 5 heteroatoms.